The van der Waals surface area contributed by atoms with Crippen molar-refractivity contribution in [1.29, 1.82) is 0 Å². The molecule has 13 heavy (non-hydrogen) atoms. The minimum atomic E-state index is 0.527. The quantitative estimate of drug-likeness (QED) is 0.367. The van der Waals surface area contributed by atoms with E-state index in [9.17, 15) is 0 Å². The molecule has 0 aliphatic carbocycles. The Bertz CT molecular complexity index is 185. The Balaban J connectivity index is 3.80. The van der Waals surface area contributed by atoms with E-state index in [1.807, 2.05) is 18.2 Å². The number of allylic oxidation sites excluding steroid dienone is 3. The van der Waals surface area contributed by atoms with E-state index in [1.54, 1.807) is 13.2 Å². The highest BCUT2D eigenvalue weighted by Crippen LogP contribution is 1.98. The molecule has 0 aliphatic heterocycles. The van der Waals surface area contributed by atoms with Crippen LogP contribution in [0.25, 0.3) is 0 Å². The SMILES string of the molecule is C=C/C(=C\C=C/CN)OCCOC. The van der Waals surface area contributed by atoms with Crippen LogP contribution in [0.1, 0.15) is 0 Å². The molecular formula is C10H17NO2. The summed E-state index contributed by atoms with van der Waals surface area (Å²) in [6, 6.07) is 0. The molecule has 0 rings (SSSR count). The van der Waals surface area contributed by atoms with Gasteiger partial charge in [0, 0.05) is 13.7 Å². The van der Waals surface area contributed by atoms with Crippen molar-refractivity contribution in [2.45, 2.75) is 0 Å². The summed E-state index contributed by atoms with van der Waals surface area (Å²) in [5.41, 5.74) is 5.28. The van der Waals surface area contributed by atoms with Crippen LogP contribution in [0, 0.1) is 0 Å². The van der Waals surface area contributed by atoms with Gasteiger partial charge in [0.2, 0.25) is 0 Å². The highest BCUT2D eigenvalue weighted by molar-refractivity contribution is 5.16. The zero-order valence-corrected chi connectivity index (χ0v) is 8.03. The van der Waals surface area contributed by atoms with Gasteiger partial charge in [0.15, 0.2) is 0 Å². The zero-order valence-electron chi connectivity index (χ0n) is 8.03. The van der Waals surface area contributed by atoms with E-state index in [0.717, 1.165) is 5.76 Å². The van der Waals surface area contributed by atoms with Crippen molar-refractivity contribution in [3.05, 3.63) is 36.6 Å². The molecule has 0 saturated carbocycles. The number of hydrogen-bond donors (Lipinski definition) is 1. The first-order valence-electron chi connectivity index (χ1n) is 4.16. The Morgan fingerprint density at radius 1 is 1.46 bits per heavy atom. The summed E-state index contributed by atoms with van der Waals surface area (Å²) in [4.78, 5) is 0. The second-order valence-corrected chi connectivity index (χ2v) is 2.28. The summed E-state index contributed by atoms with van der Waals surface area (Å²) in [7, 11) is 1.63. The molecule has 0 spiro atoms. The van der Waals surface area contributed by atoms with Gasteiger partial charge in [-0.2, -0.15) is 0 Å². The summed E-state index contributed by atoms with van der Waals surface area (Å²) >= 11 is 0. The van der Waals surface area contributed by atoms with Gasteiger partial charge in [0.05, 0.1) is 6.61 Å². The van der Waals surface area contributed by atoms with E-state index in [0.29, 0.717) is 19.8 Å². The largest absolute Gasteiger partial charge is 0.491 e. The van der Waals surface area contributed by atoms with Crippen LogP contribution in [-0.4, -0.2) is 26.9 Å². The van der Waals surface area contributed by atoms with E-state index in [-0.39, 0.29) is 0 Å². The molecule has 0 aliphatic rings. The summed E-state index contributed by atoms with van der Waals surface area (Å²) < 4.78 is 10.1. The zero-order chi connectivity index (χ0) is 9.94. The first-order valence-corrected chi connectivity index (χ1v) is 4.16. The number of rotatable bonds is 7. The number of nitrogens with two attached hydrogens (primary N) is 1. The Morgan fingerprint density at radius 3 is 2.77 bits per heavy atom. The van der Waals surface area contributed by atoms with Gasteiger partial charge in [-0.15, -0.1) is 0 Å². The molecule has 0 heterocycles. The average Bonchev–Trinajstić information content (AvgIpc) is 2.16. The fourth-order valence-corrected chi connectivity index (χ4v) is 0.659. The second-order valence-electron chi connectivity index (χ2n) is 2.28. The normalized spacial score (nSPS) is 12.0. The van der Waals surface area contributed by atoms with Gasteiger partial charge in [-0.25, -0.2) is 0 Å². The summed E-state index contributed by atoms with van der Waals surface area (Å²) in [6.07, 6.45) is 7.14. The van der Waals surface area contributed by atoms with Crippen LogP contribution < -0.4 is 5.73 Å². The Labute approximate surface area is 79.5 Å². The van der Waals surface area contributed by atoms with Gasteiger partial charge in [-0.05, 0) is 12.2 Å². The molecule has 74 valence electrons. The van der Waals surface area contributed by atoms with Gasteiger partial charge in [-0.3, -0.25) is 0 Å². The van der Waals surface area contributed by atoms with Gasteiger partial charge in [0.25, 0.3) is 0 Å². The molecule has 0 radical (unpaired) electrons. The van der Waals surface area contributed by atoms with Crippen LogP contribution in [0.3, 0.4) is 0 Å². The topological polar surface area (TPSA) is 44.5 Å². The summed E-state index contributed by atoms with van der Waals surface area (Å²) in [5.74, 6) is 0.724. The van der Waals surface area contributed by atoms with Gasteiger partial charge in [0.1, 0.15) is 12.4 Å². The summed E-state index contributed by atoms with van der Waals surface area (Å²) in [6.45, 7) is 5.25. The van der Waals surface area contributed by atoms with Crippen molar-refractivity contribution in [3.8, 4) is 0 Å². The molecule has 0 atom stereocenters. The second kappa shape index (κ2) is 9.03. The minimum absolute atomic E-state index is 0.527. The lowest BCUT2D eigenvalue weighted by atomic mass is 10.4. The number of ether oxygens (including phenoxy) is 2. The maximum atomic E-state index is 5.30. The van der Waals surface area contributed by atoms with Crippen molar-refractivity contribution >= 4 is 0 Å². The third-order valence-electron chi connectivity index (χ3n) is 1.29. The predicted octanol–water partition coefficient (Wildman–Crippen LogP) is 1.23. The third-order valence-corrected chi connectivity index (χ3v) is 1.29. The lowest BCUT2D eigenvalue weighted by molar-refractivity contribution is 0.114. The van der Waals surface area contributed by atoms with Crippen molar-refractivity contribution in [1.82, 2.24) is 0 Å². The molecule has 0 aromatic carbocycles. The fourth-order valence-electron chi connectivity index (χ4n) is 0.659. The van der Waals surface area contributed by atoms with E-state index >= 15 is 0 Å². The van der Waals surface area contributed by atoms with E-state index < -0.39 is 0 Å². The number of hydrogen-bond acceptors (Lipinski definition) is 3. The van der Waals surface area contributed by atoms with Gasteiger partial charge in [-0.1, -0.05) is 18.7 Å². The van der Waals surface area contributed by atoms with Gasteiger partial charge < -0.3 is 15.2 Å². The first kappa shape index (κ1) is 11.9. The third kappa shape index (κ3) is 7.31. The van der Waals surface area contributed by atoms with Crippen LogP contribution in [-0.2, 0) is 9.47 Å². The van der Waals surface area contributed by atoms with E-state index in [2.05, 4.69) is 6.58 Å². The molecule has 0 aromatic rings. The smallest absolute Gasteiger partial charge is 0.118 e. The molecule has 0 aromatic heterocycles. The van der Waals surface area contributed by atoms with Crippen LogP contribution in [0.4, 0.5) is 0 Å². The van der Waals surface area contributed by atoms with Crippen molar-refractivity contribution < 1.29 is 9.47 Å². The lowest BCUT2D eigenvalue weighted by Crippen LogP contribution is -2.00. The highest BCUT2D eigenvalue weighted by Gasteiger charge is 1.89. The molecule has 3 heteroatoms. The molecule has 0 bridgehead atoms. The van der Waals surface area contributed by atoms with E-state index in [1.165, 1.54) is 0 Å². The monoisotopic (exact) mass is 183 g/mol. The fraction of sp³-hybridized carbons (Fsp3) is 0.400. The molecule has 0 amide bonds. The van der Waals surface area contributed by atoms with Crippen LogP contribution in [0.2, 0.25) is 0 Å². The van der Waals surface area contributed by atoms with Gasteiger partial charge >= 0.3 is 0 Å². The van der Waals surface area contributed by atoms with Crippen molar-refractivity contribution in [2.75, 3.05) is 26.9 Å². The number of methoxy groups -OCH3 is 1. The summed E-state index contributed by atoms with van der Waals surface area (Å²) in [5, 5.41) is 0. The molecular weight excluding hydrogens is 166 g/mol. The maximum Gasteiger partial charge on any atom is 0.118 e. The standard InChI is InChI=1S/C10H17NO2/c1-3-10(6-4-5-7-11)13-9-8-12-2/h3-6H,1,7-9,11H2,2H3/b5-4-,10-6+. The lowest BCUT2D eigenvalue weighted by Gasteiger charge is -2.04. The molecule has 3 nitrogen and oxygen atoms in total. The average molecular weight is 183 g/mol. The highest BCUT2D eigenvalue weighted by atomic mass is 16.5. The molecule has 0 saturated heterocycles. The van der Waals surface area contributed by atoms with Crippen LogP contribution in [0.5, 0.6) is 0 Å². The predicted molar refractivity (Wildman–Crippen MR) is 54.3 cm³/mol. The van der Waals surface area contributed by atoms with Crippen LogP contribution in [0.15, 0.2) is 36.6 Å². The minimum Gasteiger partial charge on any atom is -0.491 e. The maximum absolute atomic E-state index is 5.30. The Morgan fingerprint density at radius 2 is 2.23 bits per heavy atom. The molecule has 0 unspecified atom stereocenters. The molecule has 2 N–H and O–H groups in total. The Hall–Kier alpha value is -1.06. The Kier molecular flexibility index (Phi) is 8.30. The van der Waals surface area contributed by atoms with Crippen molar-refractivity contribution in [2.24, 2.45) is 5.73 Å². The molecule has 0 fully saturated rings. The van der Waals surface area contributed by atoms with E-state index in [4.69, 9.17) is 15.2 Å². The van der Waals surface area contributed by atoms with Crippen molar-refractivity contribution in [3.63, 3.8) is 0 Å². The first-order chi connectivity index (χ1) is 6.35. The van der Waals surface area contributed by atoms with Crippen LogP contribution >= 0.6 is 0 Å².